The molecule has 0 aromatic carbocycles. The van der Waals surface area contributed by atoms with Crippen LogP contribution in [0.3, 0.4) is 0 Å². The number of hydrogen-bond acceptors (Lipinski definition) is 5. The lowest BCUT2D eigenvalue weighted by molar-refractivity contribution is 0.0702. The van der Waals surface area contributed by atoms with E-state index in [-0.39, 0.29) is 0 Å². The molecule has 0 saturated heterocycles. The largest absolute Gasteiger partial charge is 0.477 e. The highest BCUT2D eigenvalue weighted by Crippen LogP contribution is 2.30. The van der Waals surface area contributed by atoms with Gasteiger partial charge in [0.15, 0.2) is 5.82 Å². The van der Waals surface area contributed by atoms with Crippen molar-refractivity contribution in [2.45, 2.75) is 26.7 Å². The van der Waals surface area contributed by atoms with Gasteiger partial charge in [0.25, 0.3) is 0 Å². The number of carboxylic acids is 1. The van der Waals surface area contributed by atoms with Crippen molar-refractivity contribution >= 4 is 27.5 Å². The molecule has 0 aliphatic carbocycles. The highest BCUT2D eigenvalue weighted by molar-refractivity contribution is 7.20. The first kappa shape index (κ1) is 13.7. The molecule has 0 aliphatic heterocycles. The lowest BCUT2D eigenvalue weighted by atomic mass is 10.2. The van der Waals surface area contributed by atoms with Crippen LogP contribution in [0.1, 0.15) is 34.4 Å². The van der Waals surface area contributed by atoms with Gasteiger partial charge in [0.2, 0.25) is 0 Å². The molecule has 3 aromatic rings. The zero-order valence-electron chi connectivity index (χ0n) is 11.7. The van der Waals surface area contributed by atoms with Gasteiger partial charge in [-0.25, -0.2) is 19.4 Å². The maximum Gasteiger partial charge on any atom is 0.345 e. The number of fused-ring (bicyclic) bond motifs is 1. The molecule has 0 fully saturated rings. The Labute approximate surface area is 125 Å². The Morgan fingerprint density at radius 1 is 1.38 bits per heavy atom. The summed E-state index contributed by atoms with van der Waals surface area (Å²) in [5.41, 5.74) is 1.75. The van der Waals surface area contributed by atoms with Crippen LogP contribution in [0.25, 0.3) is 16.0 Å². The van der Waals surface area contributed by atoms with E-state index in [0.29, 0.717) is 10.7 Å². The van der Waals surface area contributed by atoms with E-state index in [0.717, 1.165) is 34.4 Å². The van der Waals surface area contributed by atoms with Gasteiger partial charge in [-0.3, -0.25) is 0 Å². The van der Waals surface area contributed by atoms with E-state index >= 15 is 0 Å². The van der Waals surface area contributed by atoms with Gasteiger partial charge in [0.05, 0.1) is 5.69 Å². The zero-order chi connectivity index (χ0) is 15.0. The van der Waals surface area contributed by atoms with E-state index in [9.17, 15) is 9.90 Å². The highest BCUT2D eigenvalue weighted by Gasteiger charge is 2.18. The van der Waals surface area contributed by atoms with E-state index in [1.165, 1.54) is 17.7 Å². The molecule has 0 unspecified atom stereocenters. The van der Waals surface area contributed by atoms with Gasteiger partial charge in [0.1, 0.15) is 16.0 Å². The van der Waals surface area contributed by atoms with Gasteiger partial charge in [0, 0.05) is 17.1 Å². The van der Waals surface area contributed by atoms with Crippen LogP contribution in [0.5, 0.6) is 0 Å². The zero-order valence-corrected chi connectivity index (χ0v) is 12.5. The second-order valence-electron chi connectivity index (χ2n) is 4.76. The second kappa shape index (κ2) is 5.25. The Morgan fingerprint density at radius 3 is 2.86 bits per heavy atom. The summed E-state index contributed by atoms with van der Waals surface area (Å²) in [6.07, 6.45) is 3.25. The van der Waals surface area contributed by atoms with Crippen LogP contribution in [0.15, 0.2) is 18.5 Å². The van der Waals surface area contributed by atoms with Crippen molar-refractivity contribution in [2.24, 2.45) is 0 Å². The van der Waals surface area contributed by atoms with Gasteiger partial charge in [-0.05, 0) is 19.4 Å². The first-order valence-electron chi connectivity index (χ1n) is 6.64. The van der Waals surface area contributed by atoms with Crippen LogP contribution in [-0.4, -0.2) is 30.8 Å². The standard InChI is InChI=1S/C14H14N4O2S/c1-3-4-10-9-6-11(14(19)20)21-13(9)18(17-10)12-5-8(2)15-7-16-12/h5-7H,3-4H2,1-2H3,(H,19,20). The first-order chi connectivity index (χ1) is 10.1. The average molecular weight is 302 g/mol. The maximum atomic E-state index is 11.2. The lowest BCUT2D eigenvalue weighted by Gasteiger charge is -2.01. The fourth-order valence-electron chi connectivity index (χ4n) is 2.20. The topological polar surface area (TPSA) is 80.9 Å². The number of aryl methyl sites for hydroxylation is 2. The molecule has 0 spiro atoms. The van der Waals surface area contributed by atoms with Crippen molar-refractivity contribution in [1.29, 1.82) is 0 Å². The highest BCUT2D eigenvalue weighted by atomic mass is 32.1. The molecule has 0 amide bonds. The molecule has 0 aliphatic rings. The lowest BCUT2D eigenvalue weighted by Crippen LogP contribution is -2.01. The molecule has 0 radical (unpaired) electrons. The van der Waals surface area contributed by atoms with Crippen LogP contribution in [0.4, 0.5) is 0 Å². The Balaban J connectivity index is 2.24. The molecular formula is C14H14N4O2S. The molecule has 0 bridgehead atoms. The minimum atomic E-state index is -0.913. The summed E-state index contributed by atoms with van der Waals surface area (Å²) in [6.45, 7) is 3.96. The Kier molecular flexibility index (Phi) is 3.42. The summed E-state index contributed by atoms with van der Waals surface area (Å²) in [7, 11) is 0. The summed E-state index contributed by atoms with van der Waals surface area (Å²) in [4.78, 5) is 20.6. The van der Waals surface area contributed by atoms with Crippen LogP contribution in [-0.2, 0) is 6.42 Å². The fourth-order valence-corrected chi connectivity index (χ4v) is 3.18. The van der Waals surface area contributed by atoms with Crippen molar-refractivity contribution < 1.29 is 9.90 Å². The number of aromatic carboxylic acids is 1. The fraction of sp³-hybridized carbons (Fsp3) is 0.286. The smallest absolute Gasteiger partial charge is 0.345 e. The third-order valence-corrected chi connectivity index (χ3v) is 4.24. The van der Waals surface area contributed by atoms with Crippen molar-refractivity contribution in [2.75, 3.05) is 0 Å². The van der Waals surface area contributed by atoms with Crippen LogP contribution < -0.4 is 0 Å². The van der Waals surface area contributed by atoms with E-state index < -0.39 is 5.97 Å². The normalized spacial score (nSPS) is 11.1. The number of carboxylic acid groups (broad SMARTS) is 1. The Morgan fingerprint density at radius 2 is 2.19 bits per heavy atom. The summed E-state index contributed by atoms with van der Waals surface area (Å²) in [5, 5.41) is 14.7. The van der Waals surface area contributed by atoms with Crippen LogP contribution >= 0.6 is 11.3 Å². The summed E-state index contributed by atoms with van der Waals surface area (Å²) >= 11 is 1.22. The molecule has 108 valence electrons. The monoisotopic (exact) mass is 302 g/mol. The summed E-state index contributed by atoms with van der Waals surface area (Å²) in [6, 6.07) is 3.53. The molecule has 3 heterocycles. The third kappa shape index (κ3) is 2.40. The van der Waals surface area contributed by atoms with Crippen molar-refractivity contribution in [3.8, 4) is 5.82 Å². The number of aromatic nitrogens is 4. The number of carbonyl (C=O) groups is 1. The molecule has 3 aromatic heterocycles. The number of rotatable bonds is 4. The van der Waals surface area contributed by atoms with Crippen molar-refractivity contribution in [1.82, 2.24) is 19.7 Å². The van der Waals surface area contributed by atoms with Gasteiger partial charge in [-0.15, -0.1) is 11.3 Å². The Hall–Kier alpha value is -2.28. The average Bonchev–Trinajstić information content (AvgIpc) is 3.00. The number of nitrogens with zero attached hydrogens (tertiary/aromatic N) is 4. The molecular weight excluding hydrogens is 288 g/mol. The van der Waals surface area contributed by atoms with Crippen LogP contribution in [0.2, 0.25) is 0 Å². The van der Waals surface area contributed by atoms with E-state index in [1.807, 2.05) is 13.0 Å². The minimum Gasteiger partial charge on any atom is -0.477 e. The van der Waals surface area contributed by atoms with E-state index in [4.69, 9.17) is 0 Å². The maximum absolute atomic E-state index is 11.2. The van der Waals surface area contributed by atoms with Gasteiger partial charge in [-0.2, -0.15) is 5.10 Å². The van der Waals surface area contributed by atoms with Gasteiger partial charge in [-0.1, -0.05) is 13.3 Å². The molecule has 21 heavy (non-hydrogen) atoms. The van der Waals surface area contributed by atoms with E-state index in [2.05, 4.69) is 22.0 Å². The van der Waals surface area contributed by atoms with Crippen LogP contribution in [0, 0.1) is 6.92 Å². The summed E-state index contributed by atoms with van der Waals surface area (Å²) < 4.78 is 1.71. The van der Waals surface area contributed by atoms with E-state index in [1.54, 1.807) is 10.7 Å². The predicted octanol–water partition coefficient (Wildman–Crippen LogP) is 2.84. The molecule has 0 saturated carbocycles. The quantitative estimate of drug-likeness (QED) is 0.801. The number of thiophene rings is 1. The summed E-state index contributed by atoms with van der Waals surface area (Å²) in [5.74, 6) is -0.252. The Bertz CT molecular complexity index is 822. The van der Waals surface area contributed by atoms with Gasteiger partial charge < -0.3 is 5.11 Å². The van der Waals surface area contributed by atoms with Gasteiger partial charge >= 0.3 is 5.97 Å². The molecule has 3 rings (SSSR count). The minimum absolute atomic E-state index is 0.319. The molecule has 0 atom stereocenters. The SMILES string of the molecule is CCCc1nn(-c2cc(C)ncn2)c2sc(C(=O)O)cc12. The van der Waals surface area contributed by atoms with Crippen molar-refractivity contribution in [3.63, 3.8) is 0 Å². The predicted molar refractivity (Wildman–Crippen MR) is 80.2 cm³/mol. The molecule has 7 heteroatoms. The van der Waals surface area contributed by atoms with Crippen molar-refractivity contribution in [3.05, 3.63) is 34.7 Å². The number of hydrogen-bond donors (Lipinski definition) is 1. The molecule has 1 N–H and O–H groups in total. The second-order valence-corrected chi connectivity index (χ2v) is 5.79. The third-order valence-electron chi connectivity index (χ3n) is 3.14. The molecule has 6 nitrogen and oxygen atoms in total. The first-order valence-corrected chi connectivity index (χ1v) is 7.45.